The largest absolute Gasteiger partial charge is 0.283 e. The minimum absolute atomic E-state index is 0.968. The minimum atomic E-state index is -2.69. The van der Waals surface area contributed by atoms with E-state index in [1.165, 1.54) is 0 Å². The Bertz CT molecular complexity index is 563. The van der Waals surface area contributed by atoms with Crippen molar-refractivity contribution in [1.29, 1.82) is 0 Å². The van der Waals surface area contributed by atoms with E-state index in [2.05, 4.69) is 24.3 Å². The van der Waals surface area contributed by atoms with Gasteiger partial charge in [0.25, 0.3) is 0 Å². The first-order valence-electron chi connectivity index (χ1n) is 6.84. The van der Waals surface area contributed by atoms with Gasteiger partial charge in [0.15, 0.2) is 0 Å². The van der Waals surface area contributed by atoms with E-state index in [9.17, 15) is 4.57 Å². The molecule has 0 bridgehead atoms. The standard InChI is InChI=1S/C16H22N2OP2/c1-17(2)21(19,18(3)4)20(15-11-7-5-8-12-15)16-13-9-6-10-14-16/h5-14H,1-4H3. The molecule has 0 aliphatic heterocycles. The molecule has 0 atom stereocenters. The fraction of sp³-hybridized carbons (Fsp3) is 0.250. The fourth-order valence-corrected chi connectivity index (χ4v) is 10.3. The van der Waals surface area contributed by atoms with Gasteiger partial charge in [0.05, 0.1) is 7.61 Å². The van der Waals surface area contributed by atoms with Crippen LogP contribution in [0.4, 0.5) is 0 Å². The van der Waals surface area contributed by atoms with E-state index in [1.54, 1.807) is 0 Å². The number of hydrogen-bond acceptors (Lipinski definition) is 1. The monoisotopic (exact) mass is 320 g/mol. The van der Waals surface area contributed by atoms with Gasteiger partial charge in [-0.25, -0.2) is 9.34 Å². The first kappa shape index (κ1) is 16.4. The van der Waals surface area contributed by atoms with Crippen LogP contribution in [0.15, 0.2) is 60.7 Å². The first-order chi connectivity index (χ1) is 9.98. The summed E-state index contributed by atoms with van der Waals surface area (Å²) in [4.78, 5) is 0. The molecule has 0 aromatic heterocycles. The Labute approximate surface area is 128 Å². The lowest BCUT2D eigenvalue weighted by Gasteiger charge is -2.37. The molecule has 0 unspecified atom stereocenters. The summed E-state index contributed by atoms with van der Waals surface area (Å²) in [5.74, 6) is 0. The van der Waals surface area contributed by atoms with Gasteiger partial charge in [-0.1, -0.05) is 60.7 Å². The van der Waals surface area contributed by atoms with Gasteiger partial charge >= 0.3 is 0 Å². The molecule has 0 fully saturated rings. The number of hydrogen-bond donors (Lipinski definition) is 0. The van der Waals surface area contributed by atoms with Crippen LogP contribution in [0.1, 0.15) is 0 Å². The second-order valence-corrected chi connectivity index (χ2v) is 12.2. The van der Waals surface area contributed by atoms with Gasteiger partial charge in [-0.2, -0.15) is 0 Å². The predicted molar refractivity (Wildman–Crippen MR) is 94.1 cm³/mol. The second-order valence-electron chi connectivity index (χ2n) is 5.19. The highest BCUT2D eigenvalue weighted by Gasteiger charge is 2.39. The summed E-state index contributed by atoms with van der Waals surface area (Å²) in [5.41, 5.74) is 0. The smallest absolute Gasteiger partial charge is 0.243 e. The van der Waals surface area contributed by atoms with Crippen molar-refractivity contribution >= 4 is 25.4 Å². The highest BCUT2D eigenvalue weighted by atomic mass is 32.1. The molecule has 2 aromatic carbocycles. The molecular formula is C16H22N2OP2. The van der Waals surface area contributed by atoms with Crippen molar-refractivity contribution in [2.24, 2.45) is 0 Å². The third kappa shape index (κ3) is 3.27. The van der Waals surface area contributed by atoms with Crippen molar-refractivity contribution in [2.45, 2.75) is 0 Å². The highest BCUT2D eigenvalue weighted by Crippen LogP contribution is 2.75. The molecule has 112 valence electrons. The SMILES string of the molecule is CN(C)P(=O)(N(C)C)P(c1ccccc1)c1ccccc1. The van der Waals surface area contributed by atoms with Crippen molar-refractivity contribution in [3.8, 4) is 0 Å². The summed E-state index contributed by atoms with van der Waals surface area (Å²) < 4.78 is 17.6. The normalized spacial score (nSPS) is 12.3. The Balaban J connectivity index is 2.65. The second kappa shape index (κ2) is 6.85. The lowest BCUT2D eigenvalue weighted by atomic mass is 10.4. The summed E-state index contributed by atoms with van der Waals surface area (Å²) in [6.07, 6.45) is 0. The molecule has 0 saturated carbocycles. The molecule has 0 heterocycles. The van der Waals surface area contributed by atoms with Crippen LogP contribution in [0.5, 0.6) is 0 Å². The molecule has 0 aliphatic rings. The van der Waals surface area contributed by atoms with Crippen molar-refractivity contribution < 1.29 is 4.57 Å². The van der Waals surface area contributed by atoms with Crippen LogP contribution in [0.2, 0.25) is 0 Å². The van der Waals surface area contributed by atoms with Crippen molar-refractivity contribution in [2.75, 3.05) is 28.2 Å². The molecule has 0 aliphatic carbocycles. The van der Waals surface area contributed by atoms with E-state index >= 15 is 0 Å². The maximum atomic E-state index is 13.8. The van der Waals surface area contributed by atoms with Crippen LogP contribution >= 0.6 is 14.7 Å². The molecule has 3 nitrogen and oxygen atoms in total. The van der Waals surface area contributed by atoms with Crippen LogP contribution in [-0.2, 0) is 4.57 Å². The molecule has 21 heavy (non-hydrogen) atoms. The average Bonchev–Trinajstić information content (AvgIpc) is 2.49. The zero-order chi connectivity index (χ0) is 15.5. The summed E-state index contributed by atoms with van der Waals surface area (Å²) in [6, 6.07) is 20.4. The zero-order valence-electron chi connectivity index (χ0n) is 13.0. The van der Waals surface area contributed by atoms with Crippen LogP contribution < -0.4 is 10.6 Å². The lowest BCUT2D eigenvalue weighted by molar-refractivity contribution is 0.467. The molecule has 5 heteroatoms. The van der Waals surface area contributed by atoms with Crippen LogP contribution in [-0.4, -0.2) is 37.5 Å². The maximum absolute atomic E-state index is 13.8. The third-order valence-electron chi connectivity index (χ3n) is 3.30. The van der Waals surface area contributed by atoms with E-state index in [0.717, 1.165) is 10.6 Å². The van der Waals surface area contributed by atoms with Gasteiger partial charge in [0, 0.05) is 0 Å². The van der Waals surface area contributed by atoms with E-state index in [1.807, 2.05) is 73.9 Å². The van der Waals surface area contributed by atoms with Crippen LogP contribution in [0, 0.1) is 0 Å². The van der Waals surface area contributed by atoms with E-state index in [-0.39, 0.29) is 0 Å². The van der Waals surface area contributed by atoms with Crippen molar-refractivity contribution in [1.82, 2.24) is 9.34 Å². The van der Waals surface area contributed by atoms with Gasteiger partial charge in [-0.3, -0.25) is 4.57 Å². The Hall–Kier alpha value is -0.980. The van der Waals surface area contributed by atoms with Crippen LogP contribution in [0.25, 0.3) is 0 Å². The Morgan fingerprint density at radius 1 is 0.714 bits per heavy atom. The Morgan fingerprint density at radius 2 is 1.05 bits per heavy atom. The third-order valence-corrected chi connectivity index (χ3v) is 12.6. The summed E-state index contributed by atoms with van der Waals surface area (Å²) in [5, 5.41) is 2.29. The summed E-state index contributed by atoms with van der Waals surface area (Å²) in [6.45, 7) is 0. The molecule has 0 amide bonds. The predicted octanol–water partition coefficient (Wildman–Crippen LogP) is 3.35. The summed E-state index contributed by atoms with van der Waals surface area (Å²) in [7, 11) is 3.97. The topological polar surface area (TPSA) is 23.6 Å². The summed E-state index contributed by atoms with van der Waals surface area (Å²) >= 11 is 0. The maximum Gasteiger partial charge on any atom is 0.243 e. The minimum Gasteiger partial charge on any atom is -0.283 e. The highest BCUT2D eigenvalue weighted by molar-refractivity contribution is 8.37. The molecule has 0 saturated heterocycles. The molecule has 2 rings (SSSR count). The molecular weight excluding hydrogens is 298 g/mol. The number of rotatable bonds is 5. The van der Waals surface area contributed by atoms with Gasteiger partial charge in [-0.15, -0.1) is 0 Å². The molecule has 0 N–H and O–H groups in total. The van der Waals surface area contributed by atoms with Gasteiger partial charge in [0.2, 0.25) is 7.13 Å². The fourth-order valence-electron chi connectivity index (χ4n) is 2.30. The molecule has 0 spiro atoms. The molecule has 2 aromatic rings. The first-order valence-corrected chi connectivity index (χ1v) is 10.5. The van der Waals surface area contributed by atoms with Crippen LogP contribution in [0.3, 0.4) is 0 Å². The van der Waals surface area contributed by atoms with Gasteiger partial charge in [0.1, 0.15) is 0 Å². The van der Waals surface area contributed by atoms with E-state index in [4.69, 9.17) is 0 Å². The average molecular weight is 320 g/mol. The van der Waals surface area contributed by atoms with E-state index < -0.39 is 14.7 Å². The lowest BCUT2D eigenvalue weighted by Crippen LogP contribution is -2.26. The zero-order valence-corrected chi connectivity index (χ0v) is 14.8. The van der Waals surface area contributed by atoms with Crippen molar-refractivity contribution in [3.63, 3.8) is 0 Å². The number of benzene rings is 2. The van der Waals surface area contributed by atoms with Gasteiger partial charge < -0.3 is 0 Å². The quantitative estimate of drug-likeness (QED) is 0.789. The Kier molecular flexibility index (Phi) is 5.35. The van der Waals surface area contributed by atoms with Gasteiger partial charge in [-0.05, 0) is 38.8 Å². The molecule has 0 radical (unpaired) electrons. The number of nitrogens with zero attached hydrogens (tertiary/aromatic N) is 2. The van der Waals surface area contributed by atoms with Crippen molar-refractivity contribution in [3.05, 3.63) is 60.7 Å². The van der Waals surface area contributed by atoms with E-state index in [0.29, 0.717) is 0 Å². The Morgan fingerprint density at radius 3 is 1.33 bits per heavy atom.